The van der Waals surface area contributed by atoms with Gasteiger partial charge in [0.25, 0.3) is 0 Å². The van der Waals surface area contributed by atoms with Gasteiger partial charge in [0.1, 0.15) is 18.7 Å². The standard InChI is InChI=1S/C28H35N3O5S/c1-6-17(2)24(25(37)31-28(3,4)26(33)29-15-23(32)35-5)30-27(34)36-16-22-20-13-9-7-11-18(20)19-12-8-10-14-21(19)22/h7-14,17,22,24H,6,15-16H2,1-5H3,(H,29,33)(H,30,34)(H,31,37)/t17?,24-/m0/s1. The normalized spacial score (nSPS) is 14.0. The summed E-state index contributed by atoms with van der Waals surface area (Å²) < 4.78 is 10.3. The average molecular weight is 526 g/mol. The Morgan fingerprint density at radius 2 is 1.59 bits per heavy atom. The molecule has 0 saturated heterocycles. The lowest BCUT2D eigenvalue weighted by atomic mass is 9.97. The third-order valence-corrected chi connectivity index (χ3v) is 7.09. The Bertz CT molecular complexity index is 1120. The van der Waals surface area contributed by atoms with Gasteiger partial charge in [-0.15, -0.1) is 0 Å². The molecule has 0 heterocycles. The molecule has 0 fully saturated rings. The Morgan fingerprint density at radius 3 is 2.14 bits per heavy atom. The van der Waals surface area contributed by atoms with Crippen LogP contribution in [0.15, 0.2) is 48.5 Å². The van der Waals surface area contributed by atoms with Gasteiger partial charge in [-0.05, 0) is 42.0 Å². The second-order valence-corrected chi connectivity index (χ2v) is 10.1. The number of ether oxygens (including phenoxy) is 2. The van der Waals surface area contributed by atoms with Crippen molar-refractivity contribution in [2.24, 2.45) is 5.92 Å². The number of esters is 1. The summed E-state index contributed by atoms with van der Waals surface area (Å²) in [5.74, 6) is -1.05. The largest absolute Gasteiger partial charge is 0.468 e. The van der Waals surface area contributed by atoms with Gasteiger partial charge in [0.15, 0.2) is 0 Å². The van der Waals surface area contributed by atoms with Crippen LogP contribution in [0.4, 0.5) is 4.79 Å². The molecule has 0 bridgehead atoms. The van der Waals surface area contributed by atoms with Crippen LogP contribution >= 0.6 is 12.2 Å². The van der Waals surface area contributed by atoms with Crippen LogP contribution in [0.3, 0.4) is 0 Å². The molecule has 1 unspecified atom stereocenters. The summed E-state index contributed by atoms with van der Waals surface area (Å²) in [5.41, 5.74) is 3.45. The zero-order valence-electron chi connectivity index (χ0n) is 21.9. The lowest BCUT2D eigenvalue weighted by Gasteiger charge is -2.32. The molecule has 0 spiro atoms. The molecule has 37 heavy (non-hydrogen) atoms. The van der Waals surface area contributed by atoms with E-state index < -0.39 is 29.6 Å². The first-order valence-corrected chi connectivity index (χ1v) is 12.8. The minimum atomic E-state index is -1.13. The smallest absolute Gasteiger partial charge is 0.407 e. The van der Waals surface area contributed by atoms with Crippen molar-refractivity contribution in [1.29, 1.82) is 0 Å². The summed E-state index contributed by atoms with van der Waals surface area (Å²) in [6, 6.07) is 15.7. The minimum absolute atomic E-state index is 0.0191. The third kappa shape index (κ3) is 6.65. The first kappa shape index (κ1) is 28.1. The van der Waals surface area contributed by atoms with Gasteiger partial charge in [-0.3, -0.25) is 9.59 Å². The zero-order valence-corrected chi connectivity index (χ0v) is 22.7. The fraction of sp³-hybridized carbons (Fsp3) is 0.429. The molecule has 2 amide bonds. The molecule has 9 heteroatoms. The van der Waals surface area contributed by atoms with Crippen LogP contribution in [0.1, 0.15) is 51.2 Å². The van der Waals surface area contributed by atoms with Gasteiger partial charge in [0.05, 0.1) is 18.1 Å². The quantitative estimate of drug-likeness (QED) is 0.319. The average Bonchev–Trinajstić information content (AvgIpc) is 3.21. The molecule has 3 rings (SSSR count). The van der Waals surface area contributed by atoms with Crippen molar-refractivity contribution >= 4 is 35.2 Å². The fourth-order valence-corrected chi connectivity index (χ4v) is 4.90. The van der Waals surface area contributed by atoms with Crippen LogP contribution in [-0.4, -0.2) is 54.8 Å². The minimum Gasteiger partial charge on any atom is -0.468 e. The van der Waals surface area contributed by atoms with E-state index in [4.69, 9.17) is 17.0 Å². The van der Waals surface area contributed by atoms with Crippen molar-refractivity contribution in [3.8, 4) is 11.1 Å². The number of nitrogens with one attached hydrogen (secondary N) is 3. The van der Waals surface area contributed by atoms with Gasteiger partial charge >= 0.3 is 12.1 Å². The maximum atomic E-state index is 12.9. The van der Waals surface area contributed by atoms with Crippen LogP contribution in [0, 0.1) is 5.92 Å². The van der Waals surface area contributed by atoms with Gasteiger partial charge < -0.3 is 25.4 Å². The summed E-state index contributed by atoms with van der Waals surface area (Å²) in [4.78, 5) is 37.2. The van der Waals surface area contributed by atoms with Crippen molar-refractivity contribution < 1.29 is 23.9 Å². The molecule has 0 saturated carbocycles. The Hall–Kier alpha value is -3.46. The topological polar surface area (TPSA) is 106 Å². The molecule has 8 nitrogen and oxygen atoms in total. The Morgan fingerprint density at radius 1 is 1.03 bits per heavy atom. The number of amides is 2. The van der Waals surface area contributed by atoms with Gasteiger partial charge in [-0.2, -0.15) is 0 Å². The first-order chi connectivity index (χ1) is 17.6. The summed E-state index contributed by atoms with van der Waals surface area (Å²) in [6.45, 7) is 7.19. The summed E-state index contributed by atoms with van der Waals surface area (Å²) in [5, 5.41) is 8.45. The number of carbonyl (C=O) groups is 3. The molecule has 2 aromatic rings. The van der Waals surface area contributed by atoms with E-state index in [1.54, 1.807) is 13.8 Å². The third-order valence-electron chi connectivity index (χ3n) is 6.74. The molecule has 0 aromatic heterocycles. The zero-order chi connectivity index (χ0) is 27.2. The number of hydrogen-bond acceptors (Lipinski definition) is 6. The van der Waals surface area contributed by atoms with Crippen molar-refractivity contribution in [2.45, 2.75) is 51.6 Å². The fourth-order valence-electron chi connectivity index (χ4n) is 4.36. The molecule has 198 valence electrons. The maximum absolute atomic E-state index is 12.9. The van der Waals surface area contributed by atoms with Crippen molar-refractivity contribution in [3.63, 3.8) is 0 Å². The molecule has 2 aromatic carbocycles. The predicted octanol–water partition coefficient (Wildman–Crippen LogP) is 3.92. The number of thiocarbonyl (C=S) groups is 1. The van der Waals surface area contributed by atoms with E-state index in [0.29, 0.717) is 4.99 Å². The maximum Gasteiger partial charge on any atom is 0.407 e. The number of carbonyl (C=O) groups excluding carboxylic acids is 3. The molecule has 0 radical (unpaired) electrons. The molecule has 1 aliphatic rings. The lowest BCUT2D eigenvalue weighted by Crippen LogP contribution is -2.60. The van der Waals surface area contributed by atoms with Gasteiger partial charge in [0.2, 0.25) is 5.91 Å². The van der Waals surface area contributed by atoms with Crippen LogP contribution in [0.5, 0.6) is 0 Å². The number of methoxy groups -OCH3 is 1. The van der Waals surface area contributed by atoms with E-state index >= 15 is 0 Å². The number of alkyl carbamates (subject to hydrolysis) is 1. The van der Waals surface area contributed by atoms with Gasteiger partial charge in [0, 0.05) is 5.92 Å². The van der Waals surface area contributed by atoms with Crippen LogP contribution in [0.25, 0.3) is 11.1 Å². The number of rotatable bonds is 10. The van der Waals surface area contributed by atoms with Crippen molar-refractivity contribution in [2.75, 3.05) is 20.3 Å². The van der Waals surface area contributed by atoms with E-state index in [1.165, 1.54) is 7.11 Å². The van der Waals surface area contributed by atoms with Crippen LogP contribution in [0.2, 0.25) is 0 Å². The lowest BCUT2D eigenvalue weighted by molar-refractivity contribution is -0.141. The van der Waals surface area contributed by atoms with Gasteiger partial charge in [-0.1, -0.05) is 81.0 Å². The van der Waals surface area contributed by atoms with E-state index in [-0.39, 0.29) is 25.0 Å². The van der Waals surface area contributed by atoms with E-state index in [2.05, 4.69) is 45.0 Å². The summed E-state index contributed by atoms with van der Waals surface area (Å²) in [6.07, 6.45) is 0.162. The second kappa shape index (κ2) is 12.2. The van der Waals surface area contributed by atoms with E-state index in [9.17, 15) is 14.4 Å². The molecule has 2 atom stereocenters. The molecular weight excluding hydrogens is 490 g/mol. The predicted molar refractivity (Wildman–Crippen MR) is 146 cm³/mol. The highest BCUT2D eigenvalue weighted by molar-refractivity contribution is 7.80. The van der Waals surface area contributed by atoms with Crippen LogP contribution in [-0.2, 0) is 19.1 Å². The molecular formula is C28H35N3O5S. The monoisotopic (exact) mass is 525 g/mol. The second-order valence-electron chi connectivity index (χ2n) is 9.71. The summed E-state index contributed by atoms with van der Waals surface area (Å²) in [7, 11) is 1.25. The van der Waals surface area contributed by atoms with Gasteiger partial charge in [-0.25, -0.2) is 4.79 Å². The van der Waals surface area contributed by atoms with Crippen molar-refractivity contribution in [3.05, 3.63) is 59.7 Å². The highest BCUT2D eigenvalue weighted by Crippen LogP contribution is 2.44. The highest BCUT2D eigenvalue weighted by atomic mass is 32.1. The molecule has 1 aliphatic carbocycles. The first-order valence-electron chi connectivity index (χ1n) is 12.4. The number of benzene rings is 2. The highest BCUT2D eigenvalue weighted by Gasteiger charge is 2.34. The molecule has 0 aliphatic heterocycles. The van der Waals surface area contributed by atoms with Crippen LogP contribution < -0.4 is 16.0 Å². The Labute approximate surface area is 223 Å². The van der Waals surface area contributed by atoms with E-state index in [0.717, 1.165) is 28.7 Å². The van der Waals surface area contributed by atoms with E-state index in [1.807, 2.05) is 38.1 Å². The summed E-state index contributed by atoms with van der Waals surface area (Å²) >= 11 is 5.60. The Balaban J connectivity index is 1.65. The number of hydrogen-bond donors (Lipinski definition) is 3. The number of fused-ring (bicyclic) bond motifs is 3. The molecule has 3 N–H and O–H groups in total. The van der Waals surface area contributed by atoms with Crippen molar-refractivity contribution in [1.82, 2.24) is 16.0 Å². The SMILES string of the molecule is CCC(C)[C@H](NC(=O)OCC1c2ccccc2-c2ccccc21)C(=S)NC(C)(C)C(=O)NCC(=O)OC. The Kier molecular flexibility index (Phi) is 9.26.